The van der Waals surface area contributed by atoms with Gasteiger partial charge in [-0.15, -0.1) is 0 Å². The zero-order valence-corrected chi connectivity index (χ0v) is 18.9. The molecule has 2 aliphatic rings. The maximum absolute atomic E-state index is 14.0. The molecule has 2 N–H and O–H groups in total. The molecule has 2 aliphatic heterocycles. The summed E-state index contributed by atoms with van der Waals surface area (Å²) in [6.07, 6.45) is 0.544. The molecule has 0 amide bonds. The Morgan fingerprint density at radius 1 is 1.03 bits per heavy atom. The Morgan fingerprint density at radius 3 is 2.62 bits per heavy atom. The standard InChI is InChI=1S/C26H22F2N2O3S/c27-19-5-3-6-20(15-19)34(32,33)30-13-12-21-25(16-31)29-24-11-9-17(14-22(24)26(21)30)8-10-18-4-1-2-7-23(18)28/h1-7,9,11,14-15,21,25-26,29,31H,12-13,16H2/t21-,25+,26-/m1/s1. The fraction of sp³-hybridized carbons (Fsp3) is 0.231. The largest absolute Gasteiger partial charge is 0.394 e. The molecule has 0 aromatic heterocycles. The highest BCUT2D eigenvalue weighted by atomic mass is 32.2. The van der Waals surface area contributed by atoms with Crippen LogP contribution in [0.3, 0.4) is 0 Å². The zero-order valence-electron chi connectivity index (χ0n) is 18.1. The molecule has 34 heavy (non-hydrogen) atoms. The van der Waals surface area contributed by atoms with Gasteiger partial charge >= 0.3 is 0 Å². The van der Waals surface area contributed by atoms with E-state index in [-0.39, 0.29) is 35.6 Å². The summed E-state index contributed by atoms with van der Waals surface area (Å²) >= 11 is 0. The Morgan fingerprint density at radius 2 is 1.85 bits per heavy atom. The van der Waals surface area contributed by atoms with Gasteiger partial charge in [0.2, 0.25) is 10.0 Å². The summed E-state index contributed by atoms with van der Waals surface area (Å²) in [5, 5.41) is 13.3. The van der Waals surface area contributed by atoms with Crippen LogP contribution in [-0.2, 0) is 10.0 Å². The average molecular weight is 481 g/mol. The van der Waals surface area contributed by atoms with Gasteiger partial charge in [0.1, 0.15) is 11.6 Å². The quantitative estimate of drug-likeness (QED) is 0.558. The number of nitrogens with one attached hydrogen (secondary N) is 1. The van der Waals surface area contributed by atoms with Gasteiger partial charge in [-0.25, -0.2) is 17.2 Å². The third-order valence-corrected chi connectivity index (χ3v) is 8.32. The van der Waals surface area contributed by atoms with E-state index in [0.717, 1.165) is 11.6 Å². The van der Waals surface area contributed by atoms with Gasteiger partial charge in [-0.2, -0.15) is 4.31 Å². The van der Waals surface area contributed by atoms with Gasteiger partial charge in [-0.05, 0) is 60.5 Å². The average Bonchev–Trinajstić information content (AvgIpc) is 3.29. The van der Waals surface area contributed by atoms with E-state index < -0.39 is 27.7 Å². The Bertz CT molecular complexity index is 1410. The first-order valence-electron chi connectivity index (χ1n) is 10.9. The van der Waals surface area contributed by atoms with Gasteiger partial charge in [0.05, 0.1) is 29.1 Å². The molecule has 5 nitrogen and oxygen atoms in total. The lowest BCUT2D eigenvalue weighted by molar-refractivity contribution is 0.210. The maximum atomic E-state index is 14.0. The summed E-state index contributed by atoms with van der Waals surface area (Å²) in [6.45, 7) is 0.0975. The molecule has 0 bridgehead atoms. The second kappa shape index (κ2) is 8.84. The van der Waals surface area contributed by atoms with Crippen LogP contribution in [0.15, 0.2) is 71.6 Å². The van der Waals surface area contributed by atoms with Gasteiger partial charge in [-0.3, -0.25) is 0 Å². The summed E-state index contributed by atoms with van der Waals surface area (Å²) in [4.78, 5) is -0.107. The molecule has 0 saturated carbocycles. The first-order chi connectivity index (χ1) is 16.4. The van der Waals surface area contributed by atoms with Gasteiger partial charge in [-0.1, -0.05) is 30.0 Å². The number of rotatable bonds is 3. The fourth-order valence-electron chi connectivity index (χ4n) is 4.83. The molecule has 8 heteroatoms. The predicted octanol–water partition coefficient (Wildman–Crippen LogP) is 3.90. The molecular formula is C26H22F2N2O3S. The highest BCUT2D eigenvalue weighted by Crippen LogP contribution is 2.48. The molecule has 174 valence electrons. The van der Waals surface area contributed by atoms with E-state index in [2.05, 4.69) is 17.2 Å². The Kier molecular flexibility index (Phi) is 5.86. The molecule has 5 rings (SSSR count). The molecule has 1 fully saturated rings. The summed E-state index contributed by atoms with van der Waals surface area (Å²) in [5.74, 6) is 4.59. The van der Waals surface area contributed by atoms with Crippen LogP contribution in [0.4, 0.5) is 14.5 Å². The number of hydrogen-bond donors (Lipinski definition) is 2. The van der Waals surface area contributed by atoms with E-state index in [1.807, 2.05) is 0 Å². The van der Waals surface area contributed by atoms with Crippen LogP contribution in [0.25, 0.3) is 0 Å². The van der Waals surface area contributed by atoms with E-state index in [1.165, 1.54) is 28.6 Å². The van der Waals surface area contributed by atoms with Crippen molar-refractivity contribution >= 4 is 15.7 Å². The smallest absolute Gasteiger partial charge is 0.243 e. The number of aliphatic hydroxyl groups excluding tert-OH is 1. The fourth-order valence-corrected chi connectivity index (χ4v) is 6.53. The van der Waals surface area contributed by atoms with E-state index in [1.54, 1.807) is 36.4 Å². The number of hydrogen-bond acceptors (Lipinski definition) is 4. The number of benzene rings is 3. The molecule has 3 aromatic carbocycles. The van der Waals surface area contributed by atoms with Crippen molar-refractivity contribution in [2.75, 3.05) is 18.5 Å². The number of aliphatic hydroxyl groups is 1. The van der Waals surface area contributed by atoms with Crippen molar-refractivity contribution in [2.45, 2.75) is 23.4 Å². The number of halogens is 2. The van der Waals surface area contributed by atoms with Crippen LogP contribution >= 0.6 is 0 Å². The van der Waals surface area contributed by atoms with Gasteiger partial charge in [0.25, 0.3) is 0 Å². The first-order valence-corrected chi connectivity index (χ1v) is 12.4. The van der Waals surface area contributed by atoms with Crippen molar-refractivity contribution in [1.29, 1.82) is 0 Å². The van der Waals surface area contributed by atoms with Crippen LogP contribution in [0.1, 0.15) is 29.2 Å². The number of fused-ring (bicyclic) bond motifs is 3. The van der Waals surface area contributed by atoms with Crippen molar-refractivity contribution in [3.05, 3.63) is 95.1 Å². The van der Waals surface area contributed by atoms with Gasteiger partial charge in [0, 0.05) is 23.7 Å². The lowest BCUT2D eigenvalue weighted by atomic mass is 9.83. The van der Waals surface area contributed by atoms with Crippen molar-refractivity contribution in [2.24, 2.45) is 5.92 Å². The van der Waals surface area contributed by atoms with E-state index >= 15 is 0 Å². The summed E-state index contributed by atoms with van der Waals surface area (Å²) in [5.41, 5.74) is 2.32. The molecule has 3 atom stereocenters. The van der Waals surface area contributed by atoms with Gasteiger partial charge in [0.15, 0.2) is 0 Å². The number of sulfonamides is 1. The highest BCUT2D eigenvalue weighted by Gasteiger charge is 2.48. The lowest BCUT2D eigenvalue weighted by Gasteiger charge is -2.38. The second-order valence-corrected chi connectivity index (χ2v) is 10.3. The Balaban J connectivity index is 1.57. The Hall–Kier alpha value is -3.25. The molecule has 0 aliphatic carbocycles. The van der Waals surface area contributed by atoms with Crippen LogP contribution in [-0.4, -0.2) is 37.0 Å². The summed E-state index contributed by atoms with van der Waals surface area (Å²) < 4.78 is 56.1. The van der Waals surface area contributed by atoms with Crippen LogP contribution in [0.5, 0.6) is 0 Å². The van der Waals surface area contributed by atoms with E-state index in [0.29, 0.717) is 17.7 Å². The lowest BCUT2D eigenvalue weighted by Crippen LogP contribution is -2.42. The number of nitrogens with zero attached hydrogens (tertiary/aromatic N) is 1. The molecule has 0 unspecified atom stereocenters. The van der Waals surface area contributed by atoms with Crippen LogP contribution in [0, 0.1) is 29.4 Å². The van der Waals surface area contributed by atoms with Crippen LogP contribution in [0.2, 0.25) is 0 Å². The third kappa shape index (κ3) is 3.96. The third-order valence-electron chi connectivity index (χ3n) is 6.44. The normalized spacial score (nSPS) is 21.7. The monoisotopic (exact) mass is 480 g/mol. The maximum Gasteiger partial charge on any atom is 0.243 e. The van der Waals surface area contributed by atoms with Gasteiger partial charge < -0.3 is 10.4 Å². The SMILES string of the molecule is O=S(=O)(c1cccc(F)c1)N1CC[C@@H]2[C@H](CO)Nc3ccc(C#Cc4ccccc4F)cc3[C@@H]21. The van der Waals surface area contributed by atoms with Crippen LogP contribution < -0.4 is 5.32 Å². The topological polar surface area (TPSA) is 69.6 Å². The second-order valence-electron chi connectivity index (χ2n) is 8.44. The van der Waals surface area contributed by atoms with E-state index in [4.69, 9.17) is 0 Å². The minimum absolute atomic E-state index is 0.107. The van der Waals surface area contributed by atoms with Crippen molar-refractivity contribution in [3.8, 4) is 11.8 Å². The highest BCUT2D eigenvalue weighted by molar-refractivity contribution is 7.89. The minimum atomic E-state index is -3.98. The predicted molar refractivity (Wildman–Crippen MR) is 124 cm³/mol. The van der Waals surface area contributed by atoms with Crippen molar-refractivity contribution in [3.63, 3.8) is 0 Å². The molecular weight excluding hydrogens is 458 g/mol. The zero-order chi connectivity index (χ0) is 23.9. The van der Waals surface area contributed by atoms with E-state index in [9.17, 15) is 22.3 Å². The van der Waals surface area contributed by atoms with Crippen molar-refractivity contribution in [1.82, 2.24) is 4.31 Å². The molecule has 2 heterocycles. The Labute approximate surface area is 197 Å². The summed E-state index contributed by atoms with van der Waals surface area (Å²) in [6, 6.07) is 15.7. The van der Waals surface area contributed by atoms with Crippen molar-refractivity contribution < 1.29 is 22.3 Å². The molecule has 0 radical (unpaired) electrons. The first kappa shape index (κ1) is 22.5. The number of anilines is 1. The summed E-state index contributed by atoms with van der Waals surface area (Å²) in [7, 11) is -3.98. The molecule has 3 aromatic rings. The molecule has 0 spiro atoms. The molecule has 1 saturated heterocycles. The minimum Gasteiger partial charge on any atom is -0.394 e.